The van der Waals surface area contributed by atoms with E-state index < -0.39 is 0 Å². The van der Waals surface area contributed by atoms with E-state index >= 15 is 0 Å². The third-order valence-corrected chi connectivity index (χ3v) is 5.14. The van der Waals surface area contributed by atoms with E-state index in [1.165, 1.54) is 40.7 Å². The minimum absolute atomic E-state index is 0.643. The third kappa shape index (κ3) is 2.33. The first-order valence-electron chi connectivity index (χ1n) is 8.41. The monoisotopic (exact) mass is 286 g/mol. The molecule has 1 unspecified atom stereocenters. The van der Waals surface area contributed by atoms with Gasteiger partial charge < -0.3 is 0 Å². The third-order valence-electron chi connectivity index (χ3n) is 5.14. The van der Waals surface area contributed by atoms with Crippen molar-refractivity contribution in [1.29, 1.82) is 0 Å². The van der Waals surface area contributed by atoms with Gasteiger partial charge in [0.15, 0.2) is 0 Å². The molecule has 0 fully saturated rings. The zero-order valence-electron chi connectivity index (χ0n) is 13.2. The number of benzene rings is 2. The van der Waals surface area contributed by atoms with Gasteiger partial charge in [0.1, 0.15) is 0 Å². The lowest BCUT2D eigenvalue weighted by Gasteiger charge is -2.17. The maximum absolute atomic E-state index is 2.44. The Morgan fingerprint density at radius 2 is 1.77 bits per heavy atom. The SMILES string of the molecule is CCc1ccc2c(c1)CC(C1=CC=CC1)Cc1ccccc1-2. The van der Waals surface area contributed by atoms with Crippen molar-refractivity contribution in [3.63, 3.8) is 0 Å². The van der Waals surface area contributed by atoms with Crippen LogP contribution in [0.25, 0.3) is 11.1 Å². The van der Waals surface area contributed by atoms with Gasteiger partial charge in [-0.2, -0.15) is 0 Å². The fourth-order valence-electron chi connectivity index (χ4n) is 3.89. The van der Waals surface area contributed by atoms with Gasteiger partial charge in [-0.3, -0.25) is 0 Å². The minimum atomic E-state index is 0.643. The summed E-state index contributed by atoms with van der Waals surface area (Å²) in [5, 5.41) is 0. The van der Waals surface area contributed by atoms with Crippen LogP contribution in [0.5, 0.6) is 0 Å². The average Bonchev–Trinajstić information content (AvgIpc) is 3.04. The van der Waals surface area contributed by atoms with Crippen molar-refractivity contribution in [3.05, 3.63) is 83.0 Å². The molecular weight excluding hydrogens is 264 g/mol. The second kappa shape index (κ2) is 5.61. The van der Waals surface area contributed by atoms with Crippen molar-refractivity contribution >= 4 is 0 Å². The van der Waals surface area contributed by atoms with Crippen molar-refractivity contribution in [2.75, 3.05) is 0 Å². The lowest BCUT2D eigenvalue weighted by atomic mass is 9.87. The van der Waals surface area contributed by atoms with E-state index in [0.717, 1.165) is 12.8 Å². The molecule has 0 nitrogen and oxygen atoms in total. The highest BCUT2D eigenvalue weighted by atomic mass is 14.3. The van der Waals surface area contributed by atoms with E-state index in [0.29, 0.717) is 5.92 Å². The molecule has 1 atom stereocenters. The van der Waals surface area contributed by atoms with Crippen molar-refractivity contribution in [2.45, 2.75) is 32.6 Å². The molecule has 2 aromatic rings. The largest absolute Gasteiger partial charge is 0.0805 e. The van der Waals surface area contributed by atoms with Crippen LogP contribution in [0.15, 0.2) is 66.3 Å². The van der Waals surface area contributed by atoms with Crippen LogP contribution in [0.3, 0.4) is 0 Å². The Kier molecular flexibility index (Phi) is 3.46. The Hall–Kier alpha value is -2.08. The second-order valence-electron chi connectivity index (χ2n) is 6.48. The highest BCUT2D eigenvalue weighted by Crippen LogP contribution is 2.38. The number of fused-ring (bicyclic) bond motifs is 3. The molecule has 0 N–H and O–H groups in total. The van der Waals surface area contributed by atoms with E-state index in [1.54, 1.807) is 5.57 Å². The molecule has 4 rings (SSSR count). The Morgan fingerprint density at radius 1 is 0.955 bits per heavy atom. The Balaban J connectivity index is 1.85. The van der Waals surface area contributed by atoms with Crippen LogP contribution in [0, 0.1) is 5.92 Å². The molecule has 110 valence electrons. The fraction of sp³-hybridized carbons (Fsp3) is 0.273. The van der Waals surface area contributed by atoms with E-state index in [1.807, 2.05) is 0 Å². The van der Waals surface area contributed by atoms with Crippen LogP contribution in [0.1, 0.15) is 30.0 Å². The molecule has 0 heterocycles. The average molecular weight is 286 g/mol. The van der Waals surface area contributed by atoms with Gasteiger partial charge in [0.25, 0.3) is 0 Å². The summed E-state index contributed by atoms with van der Waals surface area (Å²) in [6.07, 6.45) is 11.4. The molecule has 0 aliphatic heterocycles. The van der Waals surface area contributed by atoms with Crippen LogP contribution in [-0.4, -0.2) is 0 Å². The molecule has 0 saturated heterocycles. The lowest BCUT2D eigenvalue weighted by molar-refractivity contribution is 0.604. The topological polar surface area (TPSA) is 0 Å². The molecule has 0 aromatic heterocycles. The summed E-state index contributed by atoms with van der Waals surface area (Å²) in [4.78, 5) is 0. The first-order valence-corrected chi connectivity index (χ1v) is 8.41. The summed E-state index contributed by atoms with van der Waals surface area (Å²) in [7, 11) is 0. The van der Waals surface area contributed by atoms with Crippen molar-refractivity contribution in [1.82, 2.24) is 0 Å². The Bertz CT molecular complexity index is 761. The Morgan fingerprint density at radius 3 is 2.59 bits per heavy atom. The normalized spacial score (nSPS) is 19.3. The summed E-state index contributed by atoms with van der Waals surface area (Å²) < 4.78 is 0. The number of hydrogen-bond acceptors (Lipinski definition) is 0. The fourth-order valence-corrected chi connectivity index (χ4v) is 3.89. The zero-order valence-corrected chi connectivity index (χ0v) is 13.2. The van der Waals surface area contributed by atoms with Gasteiger partial charge in [-0.15, -0.1) is 0 Å². The van der Waals surface area contributed by atoms with Crippen LogP contribution in [0.2, 0.25) is 0 Å². The summed E-state index contributed by atoms with van der Waals surface area (Å²) >= 11 is 0. The highest BCUT2D eigenvalue weighted by molar-refractivity contribution is 5.72. The predicted molar refractivity (Wildman–Crippen MR) is 94.0 cm³/mol. The van der Waals surface area contributed by atoms with Gasteiger partial charge in [-0.1, -0.05) is 73.2 Å². The Labute approximate surface area is 133 Å². The first-order chi connectivity index (χ1) is 10.8. The van der Waals surface area contributed by atoms with Gasteiger partial charge in [0.05, 0.1) is 0 Å². The maximum atomic E-state index is 2.44. The molecule has 22 heavy (non-hydrogen) atoms. The number of rotatable bonds is 2. The van der Waals surface area contributed by atoms with Crippen molar-refractivity contribution in [3.8, 4) is 11.1 Å². The molecule has 0 bridgehead atoms. The van der Waals surface area contributed by atoms with Crippen LogP contribution < -0.4 is 0 Å². The predicted octanol–water partition coefficient (Wildman–Crippen LogP) is 5.52. The molecule has 0 spiro atoms. The number of aryl methyl sites for hydroxylation is 1. The summed E-state index contributed by atoms with van der Waals surface area (Å²) in [6.45, 7) is 2.24. The first kappa shape index (κ1) is 13.6. The molecule has 2 aliphatic carbocycles. The van der Waals surface area contributed by atoms with E-state index in [9.17, 15) is 0 Å². The standard InChI is InChI=1S/C22H22/c1-2-16-11-12-22-20(13-16)15-19(17-7-3-4-8-17)14-18-9-5-6-10-21(18)22/h3-7,9-13,19H,2,8,14-15H2,1H3. The smallest absolute Gasteiger partial charge is 0.0116 e. The summed E-state index contributed by atoms with van der Waals surface area (Å²) in [5.41, 5.74) is 8.97. The highest BCUT2D eigenvalue weighted by Gasteiger charge is 2.23. The van der Waals surface area contributed by atoms with Crippen LogP contribution in [0.4, 0.5) is 0 Å². The summed E-state index contributed by atoms with van der Waals surface area (Å²) in [6, 6.07) is 16.0. The van der Waals surface area contributed by atoms with E-state index in [-0.39, 0.29) is 0 Å². The molecule has 2 aromatic carbocycles. The lowest BCUT2D eigenvalue weighted by Crippen LogP contribution is -2.09. The second-order valence-corrected chi connectivity index (χ2v) is 6.48. The molecule has 0 heteroatoms. The van der Waals surface area contributed by atoms with Crippen LogP contribution in [-0.2, 0) is 19.3 Å². The molecular formula is C22H22. The molecule has 0 radical (unpaired) electrons. The maximum Gasteiger partial charge on any atom is -0.0116 e. The van der Waals surface area contributed by atoms with Gasteiger partial charge in [-0.05, 0) is 59.4 Å². The quantitative estimate of drug-likeness (QED) is 0.682. The summed E-state index contributed by atoms with van der Waals surface area (Å²) in [5.74, 6) is 0.643. The van der Waals surface area contributed by atoms with Crippen molar-refractivity contribution in [2.24, 2.45) is 5.92 Å². The minimum Gasteiger partial charge on any atom is -0.0805 e. The number of hydrogen-bond donors (Lipinski definition) is 0. The van der Waals surface area contributed by atoms with Gasteiger partial charge in [0.2, 0.25) is 0 Å². The number of allylic oxidation sites excluding steroid dienone is 4. The van der Waals surface area contributed by atoms with Crippen molar-refractivity contribution < 1.29 is 0 Å². The van der Waals surface area contributed by atoms with Crippen LogP contribution >= 0.6 is 0 Å². The van der Waals surface area contributed by atoms with Gasteiger partial charge in [0, 0.05) is 0 Å². The molecule has 0 saturated carbocycles. The van der Waals surface area contributed by atoms with Gasteiger partial charge >= 0.3 is 0 Å². The molecule has 2 aliphatic rings. The zero-order chi connectivity index (χ0) is 14.9. The van der Waals surface area contributed by atoms with Gasteiger partial charge in [-0.25, -0.2) is 0 Å². The van der Waals surface area contributed by atoms with E-state index in [4.69, 9.17) is 0 Å². The van der Waals surface area contributed by atoms with E-state index in [2.05, 4.69) is 67.6 Å². The molecule has 0 amide bonds.